The number of hydrogen-bond donors (Lipinski definition) is 1. The molecule has 8 nitrogen and oxygen atoms in total. The molecular formula is C26H38BN3O5. The Morgan fingerprint density at radius 1 is 1.06 bits per heavy atom. The lowest BCUT2D eigenvalue weighted by Gasteiger charge is -2.39. The SMILES string of the molecule is CC1(C)OB(c2cc3c(c([C@@H]4COCCN4)c2)CN(C(=O)N2CC4CCC(C2)O4)CC3)OC1(C)C. The van der Waals surface area contributed by atoms with E-state index in [1.165, 1.54) is 16.7 Å². The number of nitrogens with one attached hydrogen (secondary N) is 1. The molecule has 190 valence electrons. The van der Waals surface area contributed by atoms with E-state index in [4.69, 9.17) is 18.8 Å². The Labute approximate surface area is 208 Å². The van der Waals surface area contributed by atoms with Gasteiger partial charge in [-0.25, -0.2) is 4.79 Å². The number of rotatable bonds is 2. The fraction of sp³-hybridized carbons (Fsp3) is 0.731. The highest BCUT2D eigenvalue weighted by Gasteiger charge is 2.52. The third kappa shape index (κ3) is 4.29. The summed E-state index contributed by atoms with van der Waals surface area (Å²) in [5.74, 6) is 0. The maximum atomic E-state index is 13.5. The summed E-state index contributed by atoms with van der Waals surface area (Å²) in [5.41, 5.74) is 4.00. The molecule has 1 N–H and O–H groups in total. The minimum absolute atomic E-state index is 0.0918. The Bertz CT molecular complexity index is 967. The van der Waals surface area contributed by atoms with Gasteiger partial charge in [0.15, 0.2) is 0 Å². The van der Waals surface area contributed by atoms with E-state index in [1.807, 2.05) is 9.80 Å². The molecule has 4 fully saturated rings. The van der Waals surface area contributed by atoms with Gasteiger partial charge in [0.2, 0.25) is 0 Å². The van der Waals surface area contributed by atoms with Gasteiger partial charge in [0, 0.05) is 32.7 Å². The van der Waals surface area contributed by atoms with Crippen molar-refractivity contribution in [1.29, 1.82) is 0 Å². The highest BCUT2D eigenvalue weighted by Crippen LogP contribution is 2.37. The Balaban J connectivity index is 1.29. The molecule has 2 bridgehead atoms. The largest absolute Gasteiger partial charge is 0.494 e. The van der Waals surface area contributed by atoms with Gasteiger partial charge in [0.05, 0.1) is 42.7 Å². The lowest BCUT2D eigenvalue weighted by Crippen LogP contribution is -2.52. The molecule has 0 saturated carbocycles. The topological polar surface area (TPSA) is 72.5 Å². The average Bonchev–Trinajstić information content (AvgIpc) is 3.30. The van der Waals surface area contributed by atoms with E-state index in [-0.39, 0.29) is 35.5 Å². The third-order valence-corrected chi connectivity index (χ3v) is 8.81. The zero-order valence-corrected chi connectivity index (χ0v) is 21.5. The predicted octanol–water partition coefficient (Wildman–Crippen LogP) is 1.99. The van der Waals surface area contributed by atoms with Gasteiger partial charge in [-0.05, 0) is 69.1 Å². The molecule has 4 saturated heterocycles. The average molecular weight is 483 g/mol. The van der Waals surface area contributed by atoms with Crippen LogP contribution in [0.5, 0.6) is 0 Å². The Morgan fingerprint density at radius 3 is 2.43 bits per heavy atom. The quantitative estimate of drug-likeness (QED) is 0.649. The molecule has 35 heavy (non-hydrogen) atoms. The van der Waals surface area contributed by atoms with Gasteiger partial charge < -0.3 is 33.9 Å². The molecule has 2 amide bonds. The van der Waals surface area contributed by atoms with Crippen LogP contribution in [0.2, 0.25) is 0 Å². The summed E-state index contributed by atoms with van der Waals surface area (Å²) in [6.45, 7) is 13.3. The first-order valence-corrected chi connectivity index (χ1v) is 13.2. The lowest BCUT2D eigenvalue weighted by molar-refractivity contribution is -0.0291. The first-order chi connectivity index (χ1) is 16.7. The van der Waals surface area contributed by atoms with E-state index in [2.05, 4.69) is 45.1 Å². The molecule has 6 rings (SSSR count). The predicted molar refractivity (Wildman–Crippen MR) is 133 cm³/mol. The van der Waals surface area contributed by atoms with Crippen LogP contribution in [-0.2, 0) is 31.7 Å². The van der Waals surface area contributed by atoms with Gasteiger partial charge in [-0.15, -0.1) is 0 Å². The van der Waals surface area contributed by atoms with E-state index in [1.54, 1.807) is 0 Å². The molecule has 0 aliphatic carbocycles. The number of benzene rings is 1. The van der Waals surface area contributed by atoms with Crippen molar-refractivity contribution in [2.45, 2.75) is 83.0 Å². The second kappa shape index (κ2) is 8.73. The molecule has 0 radical (unpaired) electrons. The molecule has 1 aromatic rings. The molecule has 5 aliphatic rings. The summed E-state index contributed by atoms with van der Waals surface area (Å²) in [7, 11) is -0.406. The highest BCUT2D eigenvalue weighted by atomic mass is 16.7. The van der Waals surface area contributed by atoms with E-state index in [0.717, 1.165) is 44.4 Å². The molecule has 3 atom stereocenters. The highest BCUT2D eigenvalue weighted by molar-refractivity contribution is 6.62. The van der Waals surface area contributed by atoms with Gasteiger partial charge in [0.25, 0.3) is 0 Å². The standard InChI is InChI=1S/C26H38BN3O5/c1-25(2)26(3,4)35-27(34-25)18-11-17-7-9-29(24(31)30-13-19-5-6-20(14-30)33-19)15-22(17)21(12-18)23-16-32-10-8-28-23/h11-12,19-20,23,28H,5-10,13-16H2,1-4H3/t19?,20?,23-/m0/s1. The van der Waals surface area contributed by atoms with Crippen LogP contribution in [0.3, 0.4) is 0 Å². The van der Waals surface area contributed by atoms with Crippen molar-refractivity contribution in [2.24, 2.45) is 0 Å². The van der Waals surface area contributed by atoms with Crippen molar-refractivity contribution in [3.8, 4) is 0 Å². The van der Waals surface area contributed by atoms with Gasteiger partial charge >= 0.3 is 13.1 Å². The summed E-state index contributed by atoms with van der Waals surface area (Å²) >= 11 is 0. The second-order valence-corrected chi connectivity index (χ2v) is 11.7. The van der Waals surface area contributed by atoms with Gasteiger partial charge in [-0.3, -0.25) is 0 Å². The zero-order valence-electron chi connectivity index (χ0n) is 21.5. The van der Waals surface area contributed by atoms with Gasteiger partial charge in [-0.1, -0.05) is 12.1 Å². The molecule has 1 aromatic carbocycles. The van der Waals surface area contributed by atoms with Gasteiger partial charge in [-0.2, -0.15) is 0 Å². The Morgan fingerprint density at radius 2 is 1.77 bits per heavy atom. The van der Waals surface area contributed by atoms with Crippen LogP contribution >= 0.6 is 0 Å². The number of urea groups is 1. The number of hydrogen-bond acceptors (Lipinski definition) is 6. The number of likely N-dealkylation sites (tertiary alicyclic amines) is 1. The van der Waals surface area contributed by atoms with Crippen LogP contribution in [-0.4, -0.2) is 85.8 Å². The third-order valence-electron chi connectivity index (χ3n) is 8.81. The van der Waals surface area contributed by atoms with E-state index < -0.39 is 7.12 Å². The van der Waals surface area contributed by atoms with Crippen LogP contribution in [0.1, 0.15) is 63.3 Å². The molecule has 5 heterocycles. The fourth-order valence-electron chi connectivity index (χ4n) is 6.05. The van der Waals surface area contributed by atoms with Crippen molar-refractivity contribution in [1.82, 2.24) is 15.1 Å². The van der Waals surface area contributed by atoms with E-state index in [9.17, 15) is 4.79 Å². The van der Waals surface area contributed by atoms with Crippen LogP contribution in [0.4, 0.5) is 4.79 Å². The van der Waals surface area contributed by atoms with E-state index >= 15 is 0 Å². The summed E-state index contributed by atoms with van der Waals surface area (Å²) in [6.07, 6.45) is 3.37. The number of ether oxygens (including phenoxy) is 2. The van der Waals surface area contributed by atoms with Gasteiger partial charge in [0.1, 0.15) is 0 Å². The number of carbonyl (C=O) groups excluding carboxylic acids is 1. The van der Waals surface area contributed by atoms with E-state index in [0.29, 0.717) is 26.2 Å². The normalized spacial score (nSPS) is 31.5. The van der Waals surface area contributed by atoms with Crippen molar-refractivity contribution in [2.75, 3.05) is 39.4 Å². The summed E-state index contributed by atoms with van der Waals surface area (Å²) in [4.78, 5) is 17.5. The second-order valence-electron chi connectivity index (χ2n) is 11.7. The number of nitrogens with zero attached hydrogens (tertiary/aromatic N) is 2. The zero-order chi connectivity index (χ0) is 24.4. The fourth-order valence-corrected chi connectivity index (χ4v) is 6.05. The molecular weight excluding hydrogens is 445 g/mol. The Kier molecular flexibility index (Phi) is 5.92. The maximum absolute atomic E-state index is 13.5. The number of carbonyl (C=O) groups is 1. The number of morpholine rings is 2. The lowest BCUT2D eigenvalue weighted by atomic mass is 9.74. The van der Waals surface area contributed by atoms with Crippen molar-refractivity contribution < 1.29 is 23.6 Å². The number of amides is 2. The monoisotopic (exact) mass is 483 g/mol. The molecule has 0 aromatic heterocycles. The summed E-state index contributed by atoms with van der Waals surface area (Å²) < 4.78 is 24.6. The molecule has 0 spiro atoms. The smallest absolute Gasteiger partial charge is 0.399 e. The van der Waals surface area contributed by atoms with Crippen LogP contribution in [0.25, 0.3) is 0 Å². The first-order valence-electron chi connectivity index (χ1n) is 13.2. The molecule has 5 aliphatic heterocycles. The Hall–Kier alpha value is -1.65. The summed E-state index contributed by atoms with van der Waals surface area (Å²) in [5, 5.41) is 3.63. The minimum Gasteiger partial charge on any atom is -0.399 e. The van der Waals surface area contributed by atoms with Crippen molar-refractivity contribution in [3.63, 3.8) is 0 Å². The van der Waals surface area contributed by atoms with Crippen LogP contribution in [0, 0.1) is 0 Å². The van der Waals surface area contributed by atoms with Crippen LogP contribution < -0.4 is 10.8 Å². The number of fused-ring (bicyclic) bond motifs is 3. The maximum Gasteiger partial charge on any atom is 0.494 e. The van der Waals surface area contributed by atoms with Crippen molar-refractivity contribution >= 4 is 18.6 Å². The van der Waals surface area contributed by atoms with Crippen molar-refractivity contribution in [3.05, 3.63) is 28.8 Å². The first kappa shape index (κ1) is 23.7. The van der Waals surface area contributed by atoms with Crippen LogP contribution in [0.15, 0.2) is 12.1 Å². The molecule has 2 unspecified atom stereocenters. The minimum atomic E-state index is -0.406. The summed E-state index contributed by atoms with van der Waals surface area (Å²) in [6, 6.07) is 4.69. The molecule has 9 heteroatoms.